The number of anilines is 1. The second kappa shape index (κ2) is 6.88. The molecule has 1 atom stereocenters. The summed E-state index contributed by atoms with van der Waals surface area (Å²) in [4.78, 5) is 25.5. The summed E-state index contributed by atoms with van der Waals surface area (Å²) in [5.41, 5.74) is 0.638. The van der Waals surface area contributed by atoms with Crippen molar-refractivity contribution in [1.82, 2.24) is 5.32 Å². The Bertz CT molecular complexity index is 519. The van der Waals surface area contributed by atoms with Crippen molar-refractivity contribution < 1.29 is 9.59 Å². The molecule has 1 aliphatic rings. The third kappa shape index (κ3) is 3.25. The number of amides is 2. The summed E-state index contributed by atoms with van der Waals surface area (Å²) in [5.74, 6) is 2.26. The highest BCUT2D eigenvalue weighted by atomic mass is 16.2. The summed E-state index contributed by atoms with van der Waals surface area (Å²) in [6, 6.07) is 8.62. The molecule has 1 aromatic carbocycles. The molecule has 1 heterocycles. The van der Waals surface area contributed by atoms with Gasteiger partial charge in [0.05, 0.1) is 18.2 Å². The smallest absolute Gasteiger partial charge is 0.251 e. The number of nitrogens with one attached hydrogen (secondary N) is 1. The Morgan fingerprint density at radius 3 is 2.70 bits per heavy atom. The van der Waals surface area contributed by atoms with Crippen LogP contribution in [0.5, 0.6) is 0 Å². The van der Waals surface area contributed by atoms with Gasteiger partial charge in [-0.3, -0.25) is 9.59 Å². The normalized spacial score (nSPS) is 18.4. The first kappa shape index (κ1) is 14.3. The maximum Gasteiger partial charge on any atom is 0.251 e. The lowest BCUT2D eigenvalue weighted by Gasteiger charge is -2.15. The fraction of sp³-hybridized carbons (Fsp3) is 0.375. The third-order valence-corrected chi connectivity index (χ3v) is 3.30. The van der Waals surface area contributed by atoms with Gasteiger partial charge >= 0.3 is 0 Å². The van der Waals surface area contributed by atoms with Crippen LogP contribution < -0.4 is 10.2 Å². The molecule has 0 radical (unpaired) electrons. The van der Waals surface area contributed by atoms with Crippen LogP contribution in [-0.4, -0.2) is 24.4 Å². The molecule has 1 aliphatic heterocycles. The second-order valence-electron chi connectivity index (χ2n) is 4.78. The largest absolute Gasteiger partial charge is 0.305 e. The van der Waals surface area contributed by atoms with E-state index in [0.717, 1.165) is 19.3 Å². The summed E-state index contributed by atoms with van der Waals surface area (Å²) >= 11 is 0. The monoisotopic (exact) mass is 270 g/mol. The number of para-hydroxylation sites is 1. The molecule has 0 spiro atoms. The predicted octanol–water partition coefficient (Wildman–Crippen LogP) is 1.71. The highest BCUT2D eigenvalue weighted by Crippen LogP contribution is 2.22. The second-order valence-corrected chi connectivity index (χ2v) is 4.78. The van der Waals surface area contributed by atoms with E-state index in [1.165, 1.54) is 4.90 Å². The van der Waals surface area contributed by atoms with Crippen molar-refractivity contribution in [3.8, 4) is 12.3 Å². The van der Waals surface area contributed by atoms with Crippen LogP contribution in [-0.2, 0) is 9.59 Å². The number of carbonyl (C=O) groups is 2. The minimum atomic E-state index is -0.409. The molecule has 0 aliphatic carbocycles. The number of imide groups is 1. The molecule has 0 aromatic heterocycles. The summed E-state index contributed by atoms with van der Waals surface area (Å²) in [6.07, 6.45) is 7.99. The SMILES string of the molecule is C#CCCCCNC1CC(=O)N(c2ccccc2)C1=O. The summed E-state index contributed by atoms with van der Waals surface area (Å²) < 4.78 is 0. The van der Waals surface area contributed by atoms with Crippen LogP contribution in [0.2, 0.25) is 0 Å². The van der Waals surface area contributed by atoms with E-state index in [4.69, 9.17) is 6.42 Å². The molecule has 104 valence electrons. The zero-order valence-electron chi connectivity index (χ0n) is 11.3. The summed E-state index contributed by atoms with van der Waals surface area (Å²) in [5, 5.41) is 3.14. The van der Waals surface area contributed by atoms with Crippen molar-refractivity contribution >= 4 is 17.5 Å². The van der Waals surface area contributed by atoms with Crippen molar-refractivity contribution in [2.45, 2.75) is 31.7 Å². The lowest BCUT2D eigenvalue weighted by Crippen LogP contribution is -2.39. The molecule has 20 heavy (non-hydrogen) atoms. The van der Waals surface area contributed by atoms with Crippen LogP contribution in [0, 0.1) is 12.3 Å². The third-order valence-electron chi connectivity index (χ3n) is 3.30. The topological polar surface area (TPSA) is 49.4 Å². The van der Waals surface area contributed by atoms with Gasteiger partial charge in [0.25, 0.3) is 5.91 Å². The van der Waals surface area contributed by atoms with Gasteiger partial charge in [-0.25, -0.2) is 4.90 Å². The van der Waals surface area contributed by atoms with Crippen molar-refractivity contribution in [1.29, 1.82) is 0 Å². The van der Waals surface area contributed by atoms with Crippen molar-refractivity contribution in [2.24, 2.45) is 0 Å². The van der Waals surface area contributed by atoms with Crippen LogP contribution >= 0.6 is 0 Å². The number of terminal acetylenes is 1. The Kier molecular flexibility index (Phi) is 4.91. The highest BCUT2D eigenvalue weighted by molar-refractivity contribution is 6.22. The minimum absolute atomic E-state index is 0.151. The first-order chi connectivity index (χ1) is 9.74. The molecule has 0 bridgehead atoms. The first-order valence-corrected chi connectivity index (χ1v) is 6.82. The number of unbranched alkanes of at least 4 members (excludes halogenated alkanes) is 2. The van der Waals surface area contributed by atoms with E-state index in [2.05, 4.69) is 11.2 Å². The number of hydrogen-bond acceptors (Lipinski definition) is 3. The number of rotatable bonds is 6. The standard InChI is InChI=1S/C16H18N2O2/c1-2-3-4-8-11-17-14-12-15(19)18(16(14)20)13-9-6-5-7-10-13/h1,5-7,9-10,14,17H,3-4,8,11-12H2. The average Bonchev–Trinajstić information content (AvgIpc) is 2.74. The maximum atomic E-state index is 12.2. The van der Waals surface area contributed by atoms with Crippen LogP contribution in [0.3, 0.4) is 0 Å². The average molecular weight is 270 g/mol. The van der Waals surface area contributed by atoms with E-state index in [-0.39, 0.29) is 18.2 Å². The zero-order valence-corrected chi connectivity index (χ0v) is 11.3. The van der Waals surface area contributed by atoms with E-state index < -0.39 is 6.04 Å². The lowest BCUT2D eigenvalue weighted by molar-refractivity contribution is -0.121. The molecule has 1 fully saturated rings. The predicted molar refractivity (Wildman–Crippen MR) is 78.0 cm³/mol. The number of benzene rings is 1. The Morgan fingerprint density at radius 2 is 2.00 bits per heavy atom. The van der Waals surface area contributed by atoms with E-state index in [9.17, 15) is 9.59 Å². The van der Waals surface area contributed by atoms with E-state index in [1.54, 1.807) is 12.1 Å². The maximum absolute atomic E-state index is 12.2. The van der Waals surface area contributed by atoms with Gasteiger partial charge in [-0.1, -0.05) is 18.2 Å². The van der Waals surface area contributed by atoms with Gasteiger partial charge in [-0.2, -0.15) is 0 Å². The summed E-state index contributed by atoms with van der Waals surface area (Å²) in [6.45, 7) is 0.702. The highest BCUT2D eigenvalue weighted by Gasteiger charge is 2.38. The Morgan fingerprint density at radius 1 is 1.25 bits per heavy atom. The fourth-order valence-electron chi connectivity index (χ4n) is 2.27. The molecule has 1 N–H and O–H groups in total. The quantitative estimate of drug-likeness (QED) is 0.486. The molecule has 4 nitrogen and oxygen atoms in total. The van der Waals surface area contributed by atoms with Gasteiger partial charge in [-0.15, -0.1) is 12.3 Å². The van der Waals surface area contributed by atoms with Gasteiger partial charge in [0.15, 0.2) is 0 Å². The van der Waals surface area contributed by atoms with Gasteiger partial charge in [0.1, 0.15) is 0 Å². The van der Waals surface area contributed by atoms with E-state index in [0.29, 0.717) is 12.2 Å². The molecule has 1 aromatic rings. The first-order valence-electron chi connectivity index (χ1n) is 6.82. The molecule has 0 saturated carbocycles. The van der Waals surface area contributed by atoms with E-state index in [1.807, 2.05) is 18.2 Å². The molecule has 4 heteroatoms. The Labute approximate surface area is 119 Å². The van der Waals surface area contributed by atoms with Gasteiger partial charge in [0.2, 0.25) is 5.91 Å². The molecule has 1 saturated heterocycles. The van der Waals surface area contributed by atoms with Crippen LogP contribution in [0.4, 0.5) is 5.69 Å². The van der Waals surface area contributed by atoms with Gasteiger partial charge < -0.3 is 5.32 Å². The molecule has 2 amide bonds. The Balaban J connectivity index is 1.91. The van der Waals surface area contributed by atoms with Crippen molar-refractivity contribution in [3.63, 3.8) is 0 Å². The minimum Gasteiger partial charge on any atom is -0.305 e. The number of carbonyl (C=O) groups excluding carboxylic acids is 2. The van der Waals surface area contributed by atoms with Crippen LogP contribution in [0.25, 0.3) is 0 Å². The lowest BCUT2D eigenvalue weighted by atomic mass is 10.2. The molecular weight excluding hydrogens is 252 g/mol. The van der Waals surface area contributed by atoms with E-state index >= 15 is 0 Å². The van der Waals surface area contributed by atoms with Crippen LogP contribution in [0.15, 0.2) is 30.3 Å². The summed E-state index contributed by atoms with van der Waals surface area (Å²) in [7, 11) is 0. The zero-order chi connectivity index (χ0) is 14.4. The Hall–Kier alpha value is -2.12. The number of nitrogens with zero attached hydrogens (tertiary/aromatic N) is 1. The van der Waals surface area contributed by atoms with Gasteiger partial charge in [-0.05, 0) is 31.5 Å². The number of hydrogen-bond donors (Lipinski definition) is 1. The van der Waals surface area contributed by atoms with Crippen molar-refractivity contribution in [3.05, 3.63) is 30.3 Å². The molecule has 2 rings (SSSR count). The van der Waals surface area contributed by atoms with Crippen molar-refractivity contribution in [2.75, 3.05) is 11.4 Å². The van der Waals surface area contributed by atoms with Crippen LogP contribution in [0.1, 0.15) is 25.7 Å². The molecular formula is C16H18N2O2. The molecule has 1 unspecified atom stereocenters. The van der Waals surface area contributed by atoms with Gasteiger partial charge in [0, 0.05) is 6.42 Å². The fourth-order valence-corrected chi connectivity index (χ4v) is 2.27.